The van der Waals surface area contributed by atoms with Gasteiger partial charge in [-0.05, 0) is 27.7 Å². The van der Waals surface area contributed by atoms with E-state index in [2.05, 4.69) is 33.5 Å². The number of nitrogens with zero attached hydrogens (tertiary/aromatic N) is 4. The Bertz CT molecular complexity index is 709. The first-order chi connectivity index (χ1) is 12.1. The summed E-state index contributed by atoms with van der Waals surface area (Å²) in [4.78, 5) is 20.0. The number of amides is 1. The highest BCUT2D eigenvalue weighted by Crippen LogP contribution is 2.14. The molecule has 0 radical (unpaired) electrons. The monoisotopic (exact) mass is 381 g/mol. The average Bonchev–Trinajstić information content (AvgIpc) is 3.19. The van der Waals surface area contributed by atoms with Crippen LogP contribution in [0.3, 0.4) is 0 Å². The Labute approximate surface area is 154 Å². The van der Waals surface area contributed by atoms with E-state index in [0.717, 1.165) is 0 Å². The number of imidazole rings is 1. The van der Waals surface area contributed by atoms with Crippen LogP contribution in [0.2, 0.25) is 13.1 Å². The minimum atomic E-state index is -1.85. The van der Waals surface area contributed by atoms with Crippen LogP contribution in [0, 0.1) is 0 Å². The van der Waals surface area contributed by atoms with Gasteiger partial charge >= 0.3 is 6.09 Å². The van der Waals surface area contributed by atoms with Crippen LogP contribution in [-0.4, -0.2) is 51.4 Å². The van der Waals surface area contributed by atoms with Crippen LogP contribution in [0.15, 0.2) is 23.4 Å². The van der Waals surface area contributed by atoms with Gasteiger partial charge in [0.25, 0.3) is 0 Å². The van der Waals surface area contributed by atoms with Crippen molar-refractivity contribution in [2.75, 3.05) is 6.17 Å². The standard InChI is InChI=1S/C16H27N5O4Si/c1-12(26(5,6)10-19-15(22)25-16(2,3)4)23-11-21-7-13(17-8-21)14-18-9-24-20-14/h7-9,12H,10-11H2,1-6H3,(H,19,22). The van der Waals surface area contributed by atoms with E-state index in [1.807, 2.05) is 32.3 Å². The maximum absolute atomic E-state index is 11.8. The molecule has 0 saturated carbocycles. The molecule has 0 spiro atoms. The van der Waals surface area contributed by atoms with Gasteiger partial charge in [0.15, 0.2) is 0 Å². The summed E-state index contributed by atoms with van der Waals surface area (Å²) in [7, 11) is -1.85. The van der Waals surface area contributed by atoms with Gasteiger partial charge < -0.3 is 23.9 Å². The fraction of sp³-hybridized carbons (Fsp3) is 0.625. The zero-order chi connectivity index (χ0) is 19.4. The Balaban J connectivity index is 1.82. The molecule has 0 aliphatic carbocycles. The third-order valence-electron chi connectivity index (χ3n) is 3.88. The van der Waals surface area contributed by atoms with E-state index in [9.17, 15) is 4.79 Å². The number of carbonyl (C=O) groups excluding carboxylic acids is 1. The second-order valence-corrected chi connectivity index (χ2v) is 13.0. The maximum atomic E-state index is 11.8. The molecule has 1 N–H and O–H groups in total. The van der Waals surface area contributed by atoms with Crippen molar-refractivity contribution < 1.29 is 18.8 Å². The predicted molar refractivity (Wildman–Crippen MR) is 97.8 cm³/mol. The molecule has 1 unspecified atom stereocenters. The Hall–Kier alpha value is -2.20. The lowest BCUT2D eigenvalue weighted by atomic mass is 10.2. The van der Waals surface area contributed by atoms with E-state index >= 15 is 0 Å². The molecule has 0 bridgehead atoms. The second kappa shape index (κ2) is 8.00. The molecular formula is C16H27N5O4Si. The van der Waals surface area contributed by atoms with Crippen molar-refractivity contribution in [2.45, 2.75) is 58.8 Å². The maximum Gasteiger partial charge on any atom is 0.407 e. The zero-order valence-corrected chi connectivity index (χ0v) is 17.1. The summed E-state index contributed by atoms with van der Waals surface area (Å²) in [6, 6.07) is 0. The summed E-state index contributed by atoms with van der Waals surface area (Å²) in [5.74, 6) is 0.438. The van der Waals surface area contributed by atoms with Gasteiger partial charge in [-0.15, -0.1) is 0 Å². The topological polar surface area (TPSA) is 104 Å². The van der Waals surface area contributed by atoms with Crippen molar-refractivity contribution in [2.24, 2.45) is 0 Å². The van der Waals surface area contributed by atoms with E-state index in [0.29, 0.717) is 24.4 Å². The van der Waals surface area contributed by atoms with Gasteiger partial charge in [-0.25, -0.2) is 9.78 Å². The number of carbonyl (C=O) groups is 1. The Morgan fingerprint density at radius 2 is 2.12 bits per heavy atom. The van der Waals surface area contributed by atoms with Gasteiger partial charge in [0.1, 0.15) is 26.1 Å². The summed E-state index contributed by atoms with van der Waals surface area (Å²) in [5.41, 5.74) is 0.141. The van der Waals surface area contributed by atoms with Gasteiger partial charge in [-0.1, -0.05) is 18.3 Å². The summed E-state index contributed by atoms with van der Waals surface area (Å²) in [6.07, 6.45) is 4.89. The van der Waals surface area contributed by atoms with E-state index in [1.54, 1.807) is 12.5 Å². The van der Waals surface area contributed by atoms with Crippen LogP contribution >= 0.6 is 0 Å². The zero-order valence-electron chi connectivity index (χ0n) is 16.1. The number of nitrogens with one attached hydrogen (secondary N) is 1. The SMILES string of the molecule is CC(OCn1cnc(-c2ncon2)c1)[Si](C)(C)CNC(=O)OC(C)(C)C. The van der Waals surface area contributed by atoms with Gasteiger partial charge in [-0.3, -0.25) is 0 Å². The Morgan fingerprint density at radius 3 is 2.73 bits per heavy atom. The highest BCUT2D eigenvalue weighted by atomic mass is 28.3. The van der Waals surface area contributed by atoms with E-state index in [-0.39, 0.29) is 5.73 Å². The van der Waals surface area contributed by atoms with Crippen LogP contribution < -0.4 is 5.32 Å². The number of aromatic nitrogens is 4. The molecule has 0 fully saturated rings. The summed E-state index contributed by atoms with van der Waals surface area (Å²) >= 11 is 0. The number of hydrogen-bond donors (Lipinski definition) is 1. The minimum absolute atomic E-state index is 0.0217. The second-order valence-electron chi connectivity index (χ2n) is 7.81. The number of rotatable bonds is 7. The van der Waals surface area contributed by atoms with Gasteiger partial charge in [0.05, 0.1) is 6.33 Å². The fourth-order valence-corrected chi connectivity index (χ4v) is 3.42. The molecule has 2 heterocycles. The third-order valence-corrected chi connectivity index (χ3v) is 7.34. The molecule has 1 atom stereocenters. The van der Waals surface area contributed by atoms with Crippen molar-refractivity contribution in [3.05, 3.63) is 18.9 Å². The molecule has 0 aliphatic rings. The van der Waals surface area contributed by atoms with Gasteiger partial charge in [0.2, 0.25) is 12.2 Å². The van der Waals surface area contributed by atoms with Crippen LogP contribution in [0.4, 0.5) is 4.79 Å². The van der Waals surface area contributed by atoms with Crippen molar-refractivity contribution in [3.8, 4) is 11.5 Å². The molecular weight excluding hydrogens is 354 g/mol. The number of alkyl carbamates (subject to hydrolysis) is 1. The number of ether oxygens (including phenoxy) is 2. The molecule has 2 aromatic heterocycles. The van der Waals surface area contributed by atoms with Crippen LogP contribution in [0.1, 0.15) is 27.7 Å². The largest absolute Gasteiger partial charge is 0.444 e. The highest BCUT2D eigenvalue weighted by molar-refractivity contribution is 6.78. The minimum Gasteiger partial charge on any atom is -0.444 e. The molecule has 9 nitrogen and oxygen atoms in total. The van der Waals surface area contributed by atoms with Crippen molar-refractivity contribution >= 4 is 14.2 Å². The molecule has 0 saturated heterocycles. The summed E-state index contributed by atoms with van der Waals surface area (Å²) in [5, 5.41) is 6.61. The lowest BCUT2D eigenvalue weighted by Gasteiger charge is -2.30. The van der Waals surface area contributed by atoms with Crippen molar-refractivity contribution in [1.82, 2.24) is 25.0 Å². The molecule has 10 heteroatoms. The van der Waals surface area contributed by atoms with E-state index in [4.69, 9.17) is 14.0 Å². The molecule has 2 aromatic rings. The molecule has 144 valence electrons. The predicted octanol–water partition coefficient (Wildman–Crippen LogP) is 2.61. The Morgan fingerprint density at radius 1 is 1.38 bits per heavy atom. The van der Waals surface area contributed by atoms with Crippen molar-refractivity contribution in [1.29, 1.82) is 0 Å². The summed E-state index contributed by atoms with van der Waals surface area (Å²) in [6.45, 7) is 12.2. The Kier molecular flexibility index (Phi) is 6.19. The van der Waals surface area contributed by atoms with E-state index in [1.165, 1.54) is 6.39 Å². The number of hydrogen-bond acceptors (Lipinski definition) is 7. The summed E-state index contributed by atoms with van der Waals surface area (Å²) < 4.78 is 17.8. The smallest absolute Gasteiger partial charge is 0.407 e. The first kappa shape index (κ1) is 20.1. The van der Waals surface area contributed by atoms with Gasteiger partial charge in [0, 0.05) is 18.1 Å². The fourth-order valence-electron chi connectivity index (χ4n) is 2.01. The van der Waals surface area contributed by atoms with Crippen LogP contribution in [0.5, 0.6) is 0 Å². The lowest BCUT2D eigenvalue weighted by Crippen LogP contribution is -2.52. The molecule has 0 aromatic carbocycles. The van der Waals surface area contributed by atoms with Crippen LogP contribution in [-0.2, 0) is 16.2 Å². The lowest BCUT2D eigenvalue weighted by molar-refractivity contribution is 0.0510. The van der Waals surface area contributed by atoms with Crippen molar-refractivity contribution in [3.63, 3.8) is 0 Å². The van der Waals surface area contributed by atoms with Crippen LogP contribution in [0.25, 0.3) is 11.5 Å². The quantitative estimate of drug-likeness (QED) is 0.735. The average molecular weight is 382 g/mol. The molecule has 1 amide bonds. The normalized spacial score (nSPS) is 13.5. The van der Waals surface area contributed by atoms with Gasteiger partial charge in [-0.2, -0.15) is 4.98 Å². The first-order valence-electron chi connectivity index (χ1n) is 8.44. The third kappa shape index (κ3) is 5.95. The molecule has 0 aliphatic heterocycles. The molecule has 26 heavy (non-hydrogen) atoms. The highest BCUT2D eigenvalue weighted by Gasteiger charge is 2.31. The van der Waals surface area contributed by atoms with E-state index < -0.39 is 19.8 Å². The molecule has 2 rings (SSSR count). The first-order valence-corrected chi connectivity index (χ1v) is 11.7.